The van der Waals surface area contributed by atoms with Crippen LogP contribution in [0.3, 0.4) is 0 Å². The first-order valence-corrected chi connectivity index (χ1v) is 10.6. The maximum Gasteiger partial charge on any atom is 0.265 e. The highest BCUT2D eigenvalue weighted by atomic mass is 32.1. The summed E-state index contributed by atoms with van der Waals surface area (Å²) in [5.41, 5.74) is 2.40. The number of ether oxygens (including phenoxy) is 1. The summed E-state index contributed by atoms with van der Waals surface area (Å²) in [5.74, 6) is -0.203. The molecule has 1 saturated heterocycles. The number of anilines is 1. The Labute approximate surface area is 168 Å². The summed E-state index contributed by atoms with van der Waals surface area (Å²) in [6.07, 6.45) is 3.38. The van der Waals surface area contributed by atoms with Crippen LogP contribution in [0.1, 0.15) is 43.3 Å². The molecule has 0 unspecified atom stereocenters. The van der Waals surface area contributed by atoms with Crippen molar-refractivity contribution >= 4 is 28.8 Å². The van der Waals surface area contributed by atoms with E-state index in [9.17, 15) is 9.59 Å². The van der Waals surface area contributed by atoms with Crippen LogP contribution in [-0.4, -0.2) is 49.5 Å². The van der Waals surface area contributed by atoms with Crippen LogP contribution in [0.4, 0.5) is 5.69 Å². The van der Waals surface area contributed by atoms with Gasteiger partial charge in [0.05, 0.1) is 18.1 Å². The third kappa shape index (κ3) is 4.60. The number of carbonyl (C=O) groups is 2. The van der Waals surface area contributed by atoms with Crippen molar-refractivity contribution in [1.29, 1.82) is 0 Å². The number of nitrogens with one attached hydrogen (secondary N) is 2. The average molecular weight is 400 g/mol. The van der Waals surface area contributed by atoms with E-state index < -0.39 is 0 Å². The molecule has 2 aromatic rings. The Morgan fingerprint density at radius 1 is 1.11 bits per heavy atom. The van der Waals surface area contributed by atoms with Crippen molar-refractivity contribution in [3.8, 4) is 0 Å². The molecular weight excluding hydrogens is 374 g/mol. The monoisotopic (exact) mass is 399 g/mol. The number of hydrogen-bond acceptors (Lipinski definition) is 5. The number of amides is 2. The number of thiophene rings is 1. The minimum Gasteiger partial charge on any atom is -0.376 e. The largest absolute Gasteiger partial charge is 0.376 e. The van der Waals surface area contributed by atoms with Crippen LogP contribution in [-0.2, 0) is 17.8 Å². The van der Waals surface area contributed by atoms with Crippen molar-refractivity contribution in [2.24, 2.45) is 0 Å². The van der Waals surface area contributed by atoms with Gasteiger partial charge in [-0.2, -0.15) is 0 Å². The zero-order chi connectivity index (χ0) is 19.3. The molecular formula is C21H25N3O3S. The molecule has 2 aliphatic heterocycles. The Morgan fingerprint density at radius 3 is 2.64 bits per heavy atom. The lowest BCUT2D eigenvalue weighted by atomic mass is 10.2. The fourth-order valence-corrected chi connectivity index (χ4v) is 4.64. The van der Waals surface area contributed by atoms with Crippen molar-refractivity contribution in [2.75, 3.05) is 38.1 Å². The summed E-state index contributed by atoms with van der Waals surface area (Å²) in [6.45, 7) is 5.12. The first-order valence-electron chi connectivity index (χ1n) is 9.80. The highest BCUT2D eigenvalue weighted by molar-refractivity contribution is 7.14. The van der Waals surface area contributed by atoms with Crippen LogP contribution in [0.25, 0.3) is 0 Å². The normalized spacial score (nSPS) is 16.6. The van der Waals surface area contributed by atoms with Crippen molar-refractivity contribution in [1.82, 2.24) is 10.2 Å². The van der Waals surface area contributed by atoms with E-state index in [-0.39, 0.29) is 11.8 Å². The molecule has 0 spiro atoms. The fourth-order valence-electron chi connectivity index (χ4n) is 3.59. The molecule has 2 N–H and O–H groups in total. The first-order chi connectivity index (χ1) is 13.7. The van der Waals surface area contributed by atoms with E-state index in [1.165, 1.54) is 29.1 Å². The molecule has 4 rings (SSSR count). The Balaban J connectivity index is 1.29. The van der Waals surface area contributed by atoms with Gasteiger partial charge in [0.1, 0.15) is 0 Å². The fraction of sp³-hybridized carbons (Fsp3) is 0.429. The highest BCUT2D eigenvalue weighted by Gasteiger charge is 2.18. The van der Waals surface area contributed by atoms with Gasteiger partial charge in [-0.25, -0.2) is 0 Å². The van der Waals surface area contributed by atoms with E-state index in [2.05, 4.69) is 15.5 Å². The zero-order valence-electron chi connectivity index (χ0n) is 15.8. The van der Waals surface area contributed by atoms with Gasteiger partial charge >= 0.3 is 0 Å². The molecule has 7 heteroatoms. The standard InChI is InChI=1S/C21H25N3O3S/c25-20(22-8-11-24-9-1-2-10-24)15-3-5-17(6-4-15)23-21(26)19-13-16-14-27-12-7-18(16)28-19/h3-6,13H,1-2,7-12,14H2,(H,22,25)(H,23,26). The average Bonchev–Trinajstić information content (AvgIpc) is 3.38. The lowest BCUT2D eigenvalue weighted by molar-refractivity contribution is 0.0949. The van der Waals surface area contributed by atoms with Gasteiger partial charge in [-0.3, -0.25) is 9.59 Å². The summed E-state index contributed by atoms with van der Waals surface area (Å²) in [6, 6.07) is 8.94. The predicted molar refractivity (Wildman–Crippen MR) is 110 cm³/mol. The highest BCUT2D eigenvalue weighted by Crippen LogP contribution is 2.27. The number of benzene rings is 1. The van der Waals surface area contributed by atoms with Crippen LogP contribution in [0, 0.1) is 0 Å². The number of carbonyl (C=O) groups excluding carboxylic acids is 2. The zero-order valence-corrected chi connectivity index (χ0v) is 16.6. The number of nitrogens with zero attached hydrogens (tertiary/aromatic N) is 1. The van der Waals surface area contributed by atoms with Crippen LogP contribution in [0.5, 0.6) is 0 Å². The maximum atomic E-state index is 12.5. The molecule has 1 aromatic heterocycles. The maximum absolute atomic E-state index is 12.5. The minimum atomic E-state index is -0.123. The summed E-state index contributed by atoms with van der Waals surface area (Å²) < 4.78 is 5.43. The van der Waals surface area contributed by atoms with E-state index in [0.717, 1.165) is 38.2 Å². The molecule has 148 valence electrons. The lowest BCUT2D eigenvalue weighted by Gasteiger charge is -2.14. The van der Waals surface area contributed by atoms with Gasteiger partial charge in [0, 0.05) is 35.6 Å². The first kappa shape index (κ1) is 19.1. The van der Waals surface area contributed by atoms with Gasteiger partial charge in [-0.1, -0.05) is 0 Å². The van der Waals surface area contributed by atoms with E-state index >= 15 is 0 Å². The Hall–Kier alpha value is -2.22. The van der Waals surface area contributed by atoms with Crippen molar-refractivity contribution in [3.63, 3.8) is 0 Å². The van der Waals surface area contributed by atoms with E-state index in [4.69, 9.17) is 4.74 Å². The third-order valence-corrected chi connectivity index (χ3v) is 6.40. The van der Waals surface area contributed by atoms with Gasteiger partial charge in [0.2, 0.25) is 0 Å². The van der Waals surface area contributed by atoms with E-state index in [0.29, 0.717) is 29.3 Å². The Morgan fingerprint density at radius 2 is 1.89 bits per heavy atom. The molecule has 0 atom stereocenters. The summed E-state index contributed by atoms with van der Waals surface area (Å²) in [7, 11) is 0. The molecule has 0 saturated carbocycles. The molecule has 0 radical (unpaired) electrons. The van der Waals surface area contributed by atoms with Crippen LogP contribution in [0.2, 0.25) is 0 Å². The molecule has 28 heavy (non-hydrogen) atoms. The Bertz CT molecular complexity index is 818. The summed E-state index contributed by atoms with van der Waals surface area (Å²) in [5, 5.41) is 5.87. The number of rotatable bonds is 6. The second-order valence-corrected chi connectivity index (χ2v) is 8.33. The van der Waals surface area contributed by atoms with Crippen molar-refractivity contribution in [3.05, 3.63) is 51.2 Å². The van der Waals surface area contributed by atoms with Crippen molar-refractivity contribution in [2.45, 2.75) is 25.9 Å². The van der Waals surface area contributed by atoms with Crippen LogP contribution in [0.15, 0.2) is 30.3 Å². The van der Waals surface area contributed by atoms with Crippen molar-refractivity contribution < 1.29 is 14.3 Å². The van der Waals surface area contributed by atoms with Crippen LogP contribution < -0.4 is 10.6 Å². The number of fused-ring (bicyclic) bond motifs is 1. The van der Waals surface area contributed by atoms with Crippen LogP contribution >= 0.6 is 11.3 Å². The number of hydrogen-bond donors (Lipinski definition) is 2. The summed E-state index contributed by atoms with van der Waals surface area (Å²) >= 11 is 1.53. The quantitative estimate of drug-likeness (QED) is 0.784. The smallest absolute Gasteiger partial charge is 0.265 e. The molecule has 2 aliphatic rings. The molecule has 0 bridgehead atoms. The van der Waals surface area contributed by atoms with E-state index in [1.54, 1.807) is 24.3 Å². The molecule has 0 aliphatic carbocycles. The lowest BCUT2D eigenvalue weighted by Crippen LogP contribution is -2.33. The molecule has 1 aromatic carbocycles. The van der Waals surface area contributed by atoms with Gasteiger partial charge in [0.15, 0.2) is 0 Å². The molecule has 6 nitrogen and oxygen atoms in total. The van der Waals surface area contributed by atoms with Gasteiger partial charge < -0.3 is 20.3 Å². The second-order valence-electron chi connectivity index (χ2n) is 7.20. The Kier molecular flexibility index (Phi) is 6.04. The number of likely N-dealkylation sites (tertiary alicyclic amines) is 1. The molecule has 2 amide bonds. The molecule has 1 fully saturated rings. The SMILES string of the molecule is O=C(NCCN1CCCC1)c1ccc(NC(=O)c2cc3c(s2)CCOC3)cc1. The summed E-state index contributed by atoms with van der Waals surface area (Å²) in [4.78, 5) is 29.0. The van der Waals surface area contributed by atoms with Gasteiger partial charge in [0.25, 0.3) is 11.8 Å². The van der Waals surface area contributed by atoms with Gasteiger partial charge in [-0.05, 0) is 61.8 Å². The topological polar surface area (TPSA) is 70.7 Å². The predicted octanol–water partition coefficient (Wildman–Crippen LogP) is 2.90. The van der Waals surface area contributed by atoms with E-state index in [1.807, 2.05) is 6.07 Å². The third-order valence-electron chi connectivity index (χ3n) is 5.17. The molecule has 3 heterocycles. The van der Waals surface area contributed by atoms with Gasteiger partial charge in [-0.15, -0.1) is 11.3 Å². The second kappa shape index (κ2) is 8.86. The minimum absolute atomic E-state index is 0.0806.